The van der Waals surface area contributed by atoms with E-state index < -0.39 is 5.41 Å². The molecular weight excluding hydrogens is 354 g/mol. The molecule has 2 aromatic rings. The first kappa shape index (κ1) is 21.4. The normalized spacial score (nSPS) is 14.5. The minimum atomic E-state index is -0.403. The van der Waals surface area contributed by atoms with Crippen LogP contribution in [0, 0.1) is 5.92 Å². The molecule has 7 heteroatoms. The van der Waals surface area contributed by atoms with Crippen molar-refractivity contribution in [3.05, 3.63) is 65.7 Å². The molecule has 1 atom stereocenters. The van der Waals surface area contributed by atoms with E-state index in [1.807, 2.05) is 12.1 Å². The number of hydrogen-bond donors (Lipinski definition) is 2. The summed E-state index contributed by atoms with van der Waals surface area (Å²) in [7, 11) is 1.65. The number of nitrogens with two attached hydrogens (primary N) is 2. The van der Waals surface area contributed by atoms with Crippen LogP contribution in [-0.4, -0.2) is 30.1 Å². The highest BCUT2D eigenvalue weighted by Gasteiger charge is 2.37. The van der Waals surface area contributed by atoms with Gasteiger partial charge in [0.25, 0.3) is 0 Å². The van der Waals surface area contributed by atoms with Crippen molar-refractivity contribution in [2.75, 3.05) is 13.7 Å². The van der Waals surface area contributed by atoms with E-state index in [1.165, 1.54) is 6.20 Å². The molecule has 7 nitrogen and oxygen atoms in total. The van der Waals surface area contributed by atoms with Crippen molar-refractivity contribution < 1.29 is 9.26 Å². The number of rotatable bonds is 9. The third kappa shape index (κ3) is 4.67. The zero-order valence-corrected chi connectivity index (χ0v) is 17.0. The van der Waals surface area contributed by atoms with Gasteiger partial charge in [-0.25, -0.2) is 4.99 Å². The van der Waals surface area contributed by atoms with E-state index >= 15 is 0 Å². The Kier molecular flexibility index (Phi) is 7.12. The van der Waals surface area contributed by atoms with Gasteiger partial charge < -0.3 is 20.7 Å². The van der Waals surface area contributed by atoms with E-state index in [0.29, 0.717) is 24.7 Å². The summed E-state index contributed by atoms with van der Waals surface area (Å²) in [4.78, 5) is 8.62. The van der Waals surface area contributed by atoms with Gasteiger partial charge in [-0.1, -0.05) is 49.8 Å². The van der Waals surface area contributed by atoms with Gasteiger partial charge in [0, 0.05) is 25.1 Å². The summed E-state index contributed by atoms with van der Waals surface area (Å²) >= 11 is 0. The van der Waals surface area contributed by atoms with Gasteiger partial charge in [0.2, 0.25) is 5.89 Å². The van der Waals surface area contributed by atoms with E-state index in [2.05, 4.69) is 54.6 Å². The maximum Gasteiger partial charge on any atom is 0.228 e. The summed E-state index contributed by atoms with van der Waals surface area (Å²) in [5.41, 5.74) is 13.6. The second kappa shape index (κ2) is 9.32. The number of aliphatic imine (C=N–C) groups is 1. The Morgan fingerprint density at radius 1 is 1.36 bits per heavy atom. The Hall–Kier alpha value is -2.93. The summed E-state index contributed by atoms with van der Waals surface area (Å²) in [6, 6.07) is 8.09. The van der Waals surface area contributed by atoms with Crippen LogP contribution in [-0.2, 0) is 16.6 Å². The van der Waals surface area contributed by atoms with Crippen LogP contribution in [0.5, 0.6) is 0 Å². The number of hydrogen-bond acceptors (Lipinski definition) is 7. The third-order valence-corrected chi connectivity index (χ3v) is 4.97. The number of allylic oxidation sites excluding steroid dienone is 1. The Labute approximate surface area is 166 Å². The fourth-order valence-electron chi connectivity index (χ4n) is 2.85. The lowest BCUT2D eigenvalue weighted by Crippen LogP contribution is -2.31. The molecule has 2 rings (SSSR count). The molecule has 0 aliphatic heterocycles. The molecule has 0 amide bonds. The summed E-state index contributed by atoms with van der Waals surface area (Å²) in [5, 5.41) is 4.24. The lowest BCUT2D eigenvalue weighted by Gasteiger charge is -2.31. The number of nitrogens with zero attached hydrogens (tertiary/aromatic N) is 3. The highest BCUT2D eigenvalue weighted by molar-refractivity contribution is 6.09. The van der Waals surface area contributed by atoms with Gasteiger partial charge in [-0.2, -0.15) is 4.98 Å². The lowest BCUT2D eigenvalue weighted by atomic mass is 9.72. The molecule has 0 bridgehead atoms. The van der Waals surface area contributed by atoms with Crippen molar-refractivity contribution in [1.29, 1.82) is 0 Å². The monoisotopic (exact) mass is 383 g/mol. The first-order valence-electron chi connectivity index (χ1n) is 9.16. The van der Waals surface area contributed by atoms with E-state index in [4.69, 9.17) is 20.7 Å². The first-order valence-corrected chi connectivity index (χ1v) is 9.16. The predicted molar refractivity (Wildman–Crippen MR) is 112 cm³/mol. The van der Waals surface area contributed by atoms with Crippen LogP contribution >= 0.6 is 0 Å². The molecule has 150 valence electrons. The molecule has 0 fully saturated rings. The zero-order valence-electron chi connectivity index (χ0n) is 17.0. The molecule has 0 aliphatic carbocycles. The zero-order chi connectivity index (χ0) is 20.7. The number of ether oxygens (including phenoxy) is 1. The van der Waals surface area contributed by atoms with Crippen LogP contribution in [0.3, 0.4) is 0 Å². The molecule has 1 aromatic carbocycles. The first-order chi connectivity index (χ1) is 13.3. The molecule has 0 saturated heterocycles. The molecule has 28 heavy (non-hydrogen) atoms. The molecule has 1 heterocycles. The molecular formula is C21H29N5O2. The quantitative estimate of drug-likeness (QED) is 0.644. The number of benzene rings is 1. The molecule has 0 spiro atoms. The van der Waals surface area contributed by atoms with E-state index in [-0.39, 0.29) is 11.7 Å². The Morgan fingerprint density at radius 3 is 2.57 bits per heavy atom. The summed E-state index contributed by atoms with van der Waals surface area (Å²) in [6.07, 6.45) is 3.68. The predicted octanol–water partition coefficient (Wildman–Crippen LogP) is 3.02. The summed E-state index contributed by atoms with van der Waals surface area (Å²) in [5.74, 6) is 1.71. The fourth-order valence-corrected chi connectivity index (χ4v) is 2.85. The standard InChI is InChI=1S/C21H29N5O2/c1-14(2)21(4,20-25-19(28-26-20)10-11-27-5)18-8-6-16(7-9-18)17(12-22)13-24-15(3)23/h6-9,12-14H,3,10-11,22-23H2,1-2,4-5H3/b17-12+,24-13?. The van der Waals surface area contributed by atoms with Crippen molar-refractivity contribution in [3.63, 3.8) is 0 Å². The fraction of sp³-hybridized carbons (Fsp3) is 0.381. The molecule has 0 saturated carbocycles. The van der Waals surface area contributed by atoms with E-state index in [9.17, 15) is 0 Å². The van der Waals surface area contributed by atoms with Crippen LogP contribution < -0.4 is 11.5 Å². The van der Waals surface area contributed by atoms with Crippen LogP contribution in [0.4, 0.5) is 0 Å². The molecule has 4 N–H and O–H groups in total. The van der Waals surface area contributed by atoms with Gasteiger partial charge in [-0.05, 0) is 24.0 Å². The van der Waals surface area contributed by atoms with Crippen LogP contribution in [0.25, 0.3) is 5.57 Å². The van der Waals surface area contributed by atoms with Crippen molar-refractivity contribution in [3.8, 4) is 0 Å². The van der Waals surface area contributed by atoms with Gasteiger partial charge in [-0.15, -0.1) is 0 Å². The van der Waals surface area contributed by atoms with Gasteiger partial charge >= 0.3 is 0 Å². The smallest absolute Gasteiger partial charge is 0.228 e. The van der Waals surface area contributed by atoms with Crippen molar-refractivity contribution in [1.82, 2.24) is 10.1 Å². The van der Waals surface area contributed by atoms with Gasteiger partial charge in [0.15, 0.2) is 5.82 Å². The van der Waals surface area contributed by atoms with Crippen LogP contribution in [0.2, 0.25) is 0 Å². The third-order valence-electron chi connectivity index (χ3n) is 4.97. The Morgan fingerprint density at radius 2 is 2.04 bits per heavy atom. The van der Waals surface area contributed by atoms with Crippen molar-refractivity contribution in [2.24, 2.45) is 22.4 Å². The van der Waals surface area contributed by atoms with Gasteiger partial charge in [0.05, 0.1) is 18.4 Å². The Bertz CT molecular complexity index is 852. The van der Waals surface area contributed by atoms with Crippen molar-refractivity contribution in [2.45, 2.75) is 32.6 Å². The average Bonchev–Trinajstić information content (AvgIpc) is 3.15. The highest BCUT2D eigenvalue weighted by atomic mass is 16.5. The Balaban J connectivity index is 2.36. The molecule has 0 aliphatic rings. The summed E-state index contributed by atoms with van der Waals surface area (Å²) in [6.45, 7) is 10.5. The largest absolute Gasteiger partial charge is 0.404 e. The maximum absolute atomic E-state index is 5.73. The SMILES string of the molecule is C=C(N)N=C/C(=C\N)c1ccc(C(C)(c2noc(CCOC)n2)C(C)C)cc1. The lowest BCUT2D eigenvalue weighted by molar-refractivity contribution is 0.192. The van der Waals surface area contributed by atoms with Gasteiger partial charge in [0.1, 0.15) is 5.82 Å². The molecule has 1 unspecified atom stereocenters. The minimum Gasteiger partial charge on any atom is -0.404 e. The second-order valence-corrected chi connectivity index (χ2v) is 7.06. The van der Waals surface area contributed by atoms with E-state index in [0.717, 1.165) is 16.7 Å². The van der Waals surface area contributed by atoms with E-state index in [1.54, 1.807) is 13.3 Å². The number of methoxy groups -OCH3 is 1. The minimum absolute atomic E-state index is 0.227. The van der Waals surface area contributed by atoms with Crippen molar-refractivity contribution >= 4 is 11.8 Å². The van der Waals surface area contributed by atoms with Gasteiger partial charge in [-0.3, -0.25) is 0 Å². The average molecular weight is 383 g/mol. The topological polar surface area (TPSA) is 113 Å². The number of aromatic nitrogens is 2. The second-order valence-electron chi connectivity index (χ2n) is 7.06. The maximum atomic E-state index is 5.73. The highest BCUT2D eigenvalue weighted by Crippen LogP contribution is 2.37. The summed E-state index contributed by atoms with van der Waals surface area (Å²) < 4.78 is 10.5. The molecule has 1 aromatic heterocycles. The molecule has 0 radical (unpaired) electrons. The van der Waals surface area contributed by atoms with Crippen LogP contribution in [0.15, 0.2) is 52.4 Å². The van der Waals surface area contributed by atoms with Crippen LogP contribution in [0.1, 0.15) is 43.6 Å².